The number of nitrogens with zero attached hydrogens (tertiary/aromatic N) is 3. The summed E-state index contributed by atoms with van der Waals surface area (Å²) in [5, 5.41) is 6.43. The zero-order valence-electron chi connectivity index (χ0n) is 10.8. The van der Waals surface area contributed by atoms with Crippen molar-refractivity contribution in [2.24, 2.45) is 0 Å². The van der Waals surface area contributed by atoms with Gasteiger partial charge >= 0.3 is 0 Å². The Hall–Kier alpha value is -1.69. The molecule has 1 atom stereocenters. The van der Waals surface area contributed by atoms with E-state index in [1.165, 1.54) is 0 Å². The van der Waals surface area contributed by atoms with Crippen LogP contribution in [0.15, 0.2) is 11.6 Å². The molecule has 0 saturated carbocycles. The van der Waals surface area contributed by atoms with E-state index < -0.39 is 0 Å². The van der Waals surface area contributed by atoms with Gasteiger partial charge < -0.3 is 11.1 Å². The number of nitrogens with two attached hydrogens (primary N) is 1. The van der Waals surface area contributed by atoms with Crippen LogP contribution in [0.4, 0.5) is 11.6 Å². The number of nitrogen functional groups attached to an aromatic ring is 1. The minimum atomic E-state index is 0.348. The smallest absolute Gasteiger partial charge is 0.134 e. The number of hydrogen-bond acceptors (Lipinski definition) is 6. The summed E-state index contributed by atoms with van der Waals surface area (Å²) in [7, 11) is 0. The molecule has 0 saturated heterocycles. The minimum Gasteiger partial charge on any atom is -0.383 e. The third kappa shape index (κ3) is 2.76. The van der Waals surface area contributed by atoms with Crippen LogP contribution in [-0.4, -0.2) is 21.5 Å². The summed E-state index contributed by atoms with van der Waals surface area (Å²) in [5.74, 6) is 2.37. The third-order valence-corrected chi connectivity index (χ3v) is 3.75. The highest BCUT2D eigenvalue weighted by Gasteiger charge is 2.11. The van der Waals surface area contributed by atoms with Crippen LogP contribution in [0.2, 0.25) is 0 Å². The molecule has 0 aromatic carbocycles. The Morgan fingerprint density at radius 1 is 1.39 bits per heavy atom. The predicted octanol–water partition coefficient (Wildman–Crippen LogP) is 2.35. The summed E-state index contributed by atoms with van der Waals surface area (Å²) >= 11 is 1.67. The van der Waals surface area contributed by atoms with Crippen molar-refractivity contribution in [1.29, 1.82) is 0 Å². The molecule has 0 fully saturated rings. The first-order valence-corrected chi connectivity index (χ1v) is 6.70. The van der Waals surface area contributed by atoms with Crippen LogP contribution >= 0.6 is 11.3 Å². The van der Waals surface area contributed by atoms with E-state index >= 15 is 0 Å². The average molecular weight is 263 g/mol. The predicted molar refractivity (Wildman–Crippen MR) is 74.9 cm³/mol. The van der Waals surface area contributed by atoms with Crippen LogP contribution in [0.25, 0.3) is 0 Å². The molecule has 0 radical (unpaired) electrons. The second-order valence-corrected chi connectivity index (χ2v) is 5.21. The van der Waals surface area contributed by atoms with Crippen molar-refractivity contribution >= 4 is 23.0 Å². The highest BCUT2D eigenvalue weighted by molar-refractivity contribution is 7.09. The van der Waals surface area contributed by atoms with Crippen molar-refractivity contribution in [1.82, 2.24) is 15.0 Å². The first-order chi connectivity index (χ1) is 8.58. The van der Waals surface area contributed by atoms with Crippen molar-refractivity contribution in [3.63, 3.8) is 0 Å². The van der Waals surface area contributed by atoms with Gasteiger partial charge in [-0.3, -0.25) is 0 Å². The molecule has 3 N–H and O–H groups in total. The quantitative estimate of drug-likeness (QED) is 0.885. The highest BCUT2D eigenvalue weighted by Crippen LogP contribution is 2.21. The van der Waals surface area contributed by atoms with Crippen LogP contribution in [0.1, 0.15) is 29.2 Å². The lowest BCUT2D eigenvalue weighted by molar-refractivity contribution is 0.789. The lowest BCUT2D eigenvalue weighted by Crippen LogP contribution is -2.13. The van der Waals surface area contributed by atoms with Crippen LogP contribution in [0.5, 0.6) is 0 Å². The number of anilines is 2. The molecule has 0 aliphatic heterocycles. The summed E-state index contributed by atoms with van der Waals surface area (Å²) in [4.78, 5) is 12.8. The fourth-order valence-corrected chi connectivity index (χ4v) is 2.34. The summed E-state index contributed by atoms with van der Waals surface area (Å²) in [5.41, 5.74) is 6.72. The maximum Gasteiger partial charge on any atom is 0.134 e. The molecule has 0 amide bonds. The van der Waals surface area contributed by atoms with Crippen LogP contribution in [0, 0.1) is 13.8 Å². The van der Waals surface area contributed by atoms with Gasteiger partial charge in [-0.05, 0) is 13.8 Å². The Balaban J connectivity index is 2.06. The van der Waals surface area contributed by atoms with Gasteiger partial charge in [-0.15, -0.1) is 11.3 Å². The number of nitrogens with one attached hydrogen (secondary N) is 1. The Labute approximate surface area is 111 Å². The summed E-state index contributed by atoms with van der Waals surface area (Å²) < 4.78 is 0. The molecule has 2 aromatic heterocycles. The largest absolute Gasteiger partial charge is 0.383 e. The topological polar surface area (TPSA) is 76.7 Å². The molecule has 1 unspecified atom stereocenters. The molecule has 0 spiro atoms. The van der Waals surface area contributed by atoms with E-state index in [1.807, 2.05) is 25.4 Å². The monoisotopic (exact) mass is 263 g/mol. The van der Waals surface area contributed by atoms with E-state index in [4.69, 9.17) is 5.73 Å². The Morgan fingerprint density at radius 2 is 2.17 bits per heavy atom. The molecule has 2 rings (SSSR count). The SMILES string of the molecule is Cc1nc(N)c(C)c(NCC(C)c2nccs2)n1. The molecule has 2 aromatic rings. The summed E-state index contributed by atoms with van der Waals surface area (Å²) in [6.07, 6.45) is 1.83. The fraction of sp³-hybridized carbons (Fsp3) is 0.417. The van der Waals surface area contributed by atoms with Gasteiger partial charge in [-0.25, -0.2) is 15.0 Å². The van der Waals surface area contributed by atoms with Gasteiger partial charge in [0.05, 0.1) is 5.01 Å². The molecule has 96 valence electrons. The van der Waals surface area contributed by atoms with Crippen molar-refractivity contribution < 1.29 is 0 Å². The zero-order chi connectivity index (χ0) is 13.1. The van der Waals surface area contributed by atoms with E-state index in [0.29, 0.717) is 17.6 Å². The minimum absolute atomic E-state index is 0.348. The lowest BCUT2D eigenvalue weighted by Gasteiger charge is -2.13. The van der Waals surface area contributed by atoms with Crippen molar-refractivity contribution in [2.45, 2.75) is 26.7 Å². The fourth-order valence-electron chi connectivity index (χ4n) is 1.64. The van der Waals surface area contributed by atoms with Gasteiger partial charge in [0.25, 0.3) is 0 Å². The van der Waals surface area contributed by atoms with Crippen LogP contribution in [0.3, 0.4) is 0 Å². The molecule has 6 heteroatoms. The first kappa shape index (κ1) is 12.8. The van der Waals surface area contributed by atoms with Crippen molar-refractivity contribution in [3.05, 3.63) is 28.0 Å². The van der Waals surface area contributed by atoms with E-state index in [-0.39, 0.29) is 0 Å². The number of thiazole rings is 1. The molecular formula is C12H17N5S. The maximum atomic E-state index is 5.82. The van der Waals surface area contributed by atoms with E-state index in [9.17, 15) is 0 Å². The molecule has 5 nitrogen and oxygen atoms in total. The summed E-state index contributed by atoms with van der Waals surface area (Å²) in [6.45, 7) is 6.68. The highest BCUT2D eigenvalue weighted by atomic mass is 32.1. The first-order valence-electron chi connectivity index (χ1n) is 5.82. The van der Waals surface area contributed by atoms with E-state index in [1.54, 1.807) is 11.3 Å². The average Bonchev–Trinajstić information content (AvgIpc) is 2.85. The van der Waals surface area contributed by atoms with Gasteiger partial charge in [0.1, 0.15) is 17.5 Å². The van der Waals surface area contributed by atoms with Crippen molar-refractivity contribution in [3.8, 4) is 0 Å². The second-order valence-electron chi connectivity index (χ2n) is 4.28. The number of rotatable bonds is 4. The Kier molecular flexibility index (Phi) is 3.76. The molecule has 0 aliphatic rings. The van der Waals surface area contributed by atoms with Gasteiger partial charge in [-0.1, -0.05) is 6.92 Å². The normalized spacial score (nSPS) is 12.4. The molecule has 18 heavy (non-hydrogen) atoms. The van der Waals surface area contributed by atoms with E-state index in [2.05, 4.69) is 27.2 Å². The van der Waals surface area contributed by atoms with Gasteiger partial charge in [0.15, 0.2) is 0 Å². The molecule has 0 bridgehead atoms. The van der Waals surface area contributed by atoms with Gasteiger partial charge in [0, 0.05) is 29.6 Å². The van der Waals surface area contributed by atoms with Gasteiger partial charge in [0.2, 0.25) is 0 Å². The van der Waals surface area contributed by atoms with Gasteiger partial charge in [-0.2, -0.15) is 0 Å². The van der Waals surface area contributed by atoms with Crippen molar-refractivity contribution in [2.75, 3.05) is 17.6 Å². The molecule has 0 aliphatic carbocycles. The van der Waals surface area contributed by atoms with Crippen LogP contribution < -0.4 is 11.1 Å². The molecular weight excluding hydrogens is 246 g/mol. The Morgan fingerprint density at radius 3 is 2.83 bits per heavy atom. The van der Waals surface area contributed by atoms with E-state index in [0.717, 1.165) is 22.9 Å². The zero-order valence-corrected chi connectivity index (χ0v) is 11.6. The standard InChI is InChI=1S/C12H17N5S/c1-7(12-14-4-5-18-12)6-15-11-8(2)10(13)16-9(3)17-11/h4-5,7H,6H2,1-3H3,(H3,13,15,16,17). The number of hydrogen-bond donors (Lipinski definition) is 2. The number of aromatic nitrogens is 3. The third-order valence-electron chi connectivity index (χ3n) is 2.74. The summed E-state index contributed by atoms with van der Waals surface area (Å²) in [6, 6.07) is 0. The Bertz CT molecular complexity index is 524. The number of aryl methyl sites for hydroxylation is 1. The lowest BCUT2D eigenvalue weighted by atomic mass is 10.2. The van der Waals surface area contributed by atoms with Crippen LogP contribution in [-0.2, 0) is 0 Å². The second kappa shape index (κ2) is 5.30. The molecule has 2 heterocycles. The maximum absolute atomic E-state index is 5.82.